The third-order valence-electron chi connectivity index (χ3n) is 5.40. The molecular weight excluding hydrogens is 434 g/mol. The predicted octanol–water partition coefficient (Wildman–Crippen LogP) is 2.64. The molecule has 0 saturated carbocycles. The largest absolute Gasteiger partial charge is 0.412 e. The van der Waals surface area contributed by atoms with E-state index in [2.05, 4.69) is 22.4 Å². The lowest BCUT2D eigenvalue weighted by Gasteiger charge is -2.12. The molecule has 1 atom stereocenters. The number of nitrogens with one attached hydrogen (secondary N) is 2. The van der Waals surface area contributed by atoms with Gasteiger partial charge in [0.2, 0.25) is 0 Å². The minimum atomic E-state index is 0. The molecule has 1 fully saturated rings. The predicted molar refractivity (Wildman–Crippen MR) is 139 cm³/mol. The highest BCUT2D eigenvalue weighted by molar-refractivity contribution is 7.99. The quantitative estimate of drug-likeness (QED) is 0.311. The Kier molecular flexibility index (Phi) is 9.62. The molecule has 0 spiro atoms. The van der Waals surface area contributed by atoms with Crippen LogP contribution in [0.25, 0.3) is 17.2 Å². The van der Waals surface area contributed by atoms with Crippen LogP contribution in [-0.4, -0.2) is 39.2 Å². The highest BCUT2D eigenvalue weighted by Crippen LogP contribution is 2.25. The van der Waals surface area contributed by atoms with Crippen molar-refractivity contribution in [3.05, 3.63) is 89.4 Å². The number of allylic oxidation sites excluding steroid dienone is 1. The van der Waals surface area contributed by atoms with E-state index in [1.165, 1.54) is 23.5 Å². The van der Waals surface area contributed by atoms with Crippen molar-refractivity contribution in [2.45, 2.75) is 19.0 Å². The van der Waals surface area contributed by atoms with Crippen molar-refractivity contribution in [2.24, 2.45) is 5.73 Å². The molecule has 10 N–H and O–H groups in total. The fraction of sp³-hybridized carbons (Fsp3) is 0.200. The molecule has 1 saturated heterocycles. The molecule has 0 bridgehead atoms. The molecule has 1 aliphatic heterocycles. The number of hydrogen-bond acceptors (Lipinski definition) is 6. The summed E-state index contributed by atoms with van der Waals surface area (Å²) >= 11 is 2.00. The zero-order chi connectivity index (χ0) is 21.6. The molecule has 0 radical (unpaired) electrons. The van der Waals surface area contributed by atoms with Gasteiger partial charge in [-0.2, -0.15) is 11.8 Å². The Morgan fingerprint density at radius 1 is 1.12 bits per heavy atom. The van der Waals surface area contributed by atoms with Crippen molar-refractivity contribution in [3.63, 3.8) is 0 Å². The number of nitrogens with two attached hydrogens (primary N) is 2. The zero-order valence-electron chi connectivity index (χ0n) is 18.3. The monoisotopic (exact) mass is 465 g/mol. The van der Waals surface area contributed by atoms with Gasteiger partial charge in [-0.15, -0.1) is 0 Å². The summed E-state index contributed by atoms with van der Waals surface area (Å²) in [6.45, 7) is 0.838. The average Bonchev–Trinajstić information content (AvgIpc) is 3.32. The number of benzene rings is 2. The van der Waals surface area contributed by atoms with Crippen LogP contribution in [0.15, 0.2) is 72.7 Å². The maximum Gasteiger partial charge on any atom is 0.0862 e. The van der Waals surface area contributed by atoms with Crippen LogP contribution in [0.2, 0.25) is 0 Å². The van der Waals surface area contributed by atoms with Crippen LogP contribution in [0, 0.1) is 5.41 Å². The number of rotatable bonds is 7. The number of pyridine rings is 1. The average molecular weight is 466 g/mol. The van der Waals surface area contributed by atoms with E-state index in [0.29, 0.717) is 23.0 Å². The maximum absolute atomic E-state index is 8.63. The molecule has 2 aromatic carbocycles. The van der Waals surface area contributed by atoms with Crippen LogP contribution in [0.5, 0.6) is 0 Å². The maximum atomic E-state index is 8.63. The molecule has 0 amide bonds. The topological polar surface area (TPSA) is 164 Å². The fourth-order valence-electron chi connectivity index (χ4n) is 3.64. The molecule has 0 aliphatic carbocycles. The van der Waals surface area contributed by atoms with Crippen molar-refractivity contribution in [1.82, 2.24) is 10.3 Å². The number of anilines is 1. The Morgan fingerprint density at radius 2 is 1.97 bits per heavy atom. The Bertz CT molecular complexity index is 1100. The summed E-state index contributed by atoms with van der Waals surface area (Å²) in [5.41, 5.74) is 18.3. The van der Waals surface area contributed by atoms with E-state index in [0.717, 1.165) is 23.2 Å². The Morgan fingerprint density at radius 3 is 2.70 bits per heavy atom. The summed E-state index contributed by atoms with van der Waals surface area (Å²) in [4.78, 5) is 4.17. The van der Waals surface area contributed by atoms with E-state index in [1.807, 2.05) is 60.3 Å². The second-order valence-electron chi connectivity index (χ2n) is 7.70. The number of nitrogen functional groups attached to an aromatic ring is 1. The molecule has 174 valence electrons. The molecule has 8 heteroatoms. The van der Waals surface area contributed by atoms with Crippen LogP contribution < -0.4 is 16.8 Å². The standard InChI is InChI=1S/C25H27N5S.2H2O/c26-23-7-6-19(20-5-2-9-29-15-20)13-22(23)25(28)24(27)12-17-3-1-4-18(11-17)14-30-21-8-10-31-16-21;;/h1-7,9,11-13,15,21,28,30H,8,10,14,16,26-27H2;2*1H2/b24-12-,28-25?;;. The third kappa shape index (κ3) is 6.66. The number of thioether (sulfide) groups is 1. The van der Waals surface area contributed by atoms with E-state index in [-0.39, 0.29) is 16.7 Å². The van der Waals surface area contributed by atoms with Gasteiger partial charge in [0.15, 0.2) is 0 Å². The summed E-state index contributed by atoms with van der Waals surface area (Å²) in [7, 11) is 0. The highest BCUT2D eigenvalue weighted by atomic mass is 32.2. The van der Waals surface area contributed by atoms with Crippen molar-refractivity contribution in [1.29, 1.82) is 5.41 Å². The van der Waals surface area contributed by atoms with E-state index < -0.39 is 0 Å². The highest BCUT2D eigenvalue weighted by Gasteiger charge is 2.14. The normalized spacial score (nSPS) is 15.4. The van der Waals surface area contributed by atoms with Crippen LogP contribution in [0.4, 0.5) is 5.69 Å². The van der Waals surface area contributed by atoms with E-state index in [9.17, 15) is 0 Å². The zero-order valence-corrected chi connectivity index (χ0v) is 19.2. The Hall–Kier alpha value is -3.17. The van der Waals surface area contributed by atoms with Crippen molar-refractivity contribution in [2.75, 3.05) is 17.2 Å². The lowest BCUT2D eigenvalue weighted by molar-refractivity contribution is 0.558. The fourth-order valence-corrected chi connectivity index (χ4v) is 4.83. The first-order chi connectivity index (χ1) is 15.1. The van der Waals surface area contributed by atoms with Crippen LogP contribution in [-0.2, 0) is 6.54 Å². The summed E-state index contributed by atoms with van der Waals surface area (Å²) < 4.78 is 0. The van der Waals surface area contributed by atoms with Crippen molar-refractivity contribution >= 4 is 29.2 Å². The van der Waals surface area contributed by atoms with Crippen LogP contribution in [0.1, 0.15) is 23.1 Å². The molecule has 7 nitrogen and oxygen atoms in total. The minimum Gasteiger partial charge on any atom is -0.412 e. The molecule has 1 aromatic heterocycles. The second kappa shape index (κ2) is 12.2. The first kappa shape index (κ1) is 26.1. The van der Waals surface area contributed by atoms with E-state index >= 15 is 0 Å². The molecule has 4 rings (SSSR count). The molecule has 3 aromatic rings. The number of aromatic nitrogens is 1. The number of nitrogens with zero attached hydrogens (tertiary/aromatic N) is 1. The molecule has 1 unspecified atom stereocenters. The summed E-state index contributed by atoms with van der Waals surface area (Å²) in [6.07, 6.45) is 6.60. The SMILES string of the molecule is N=C(/C(N)=C/c1cccc(CNC2CCSC2)c1)c1cc(-c2cccnc2)ccc1N.O.O. The minimum absolute atomic E-state index is 0. The molecular formula is C25H31N5O2S. The van der Waals surface area contributed by atoms with Crippen molar-refractivity contribution in [3.8, 4) is 11.1 Å². The van der Waals surface area contributed by atoms with Gasteiger partial charge in [-0.3, -0.25) is 10.4 Å². The van der Waals surface area contributed by atoms with Gasteiger partial charge in [-0.25, -0.2) is 0 Å². The van der Waals surface area contributed by atoms with Gasteiger partial charge in [0.25, 0.3) is 0 Å². The van der Waals surface area contributed by atoms with Gasteiger partial charge < -0.3 is 27.7 Å². The molecule has 1 aliphatic rings. The Labute approximate surface area is 198 Å². The molecule has 33 heavy (non-hydrogen) atoms. The van der Waals surface area contributed by atoms with Gasteiger partial charge in [0.05, 0.1) is 11.4 Å². The first-order valence-electron chi connectivity index (χ1n) is 10.4. The first-order valence-corrected chi connectivity index (χ1v) is 11.5. The smallest absolute Gasteiger partial charge is 0.0862 e. The van der Waals surface area contributed by atoms with Gasteiger partial charge >= 0.3 is 0 Å². The number of hydrogen-bond donors (Lipinski definition) is 4. The lowest BCUT2D eigenvalue weighted by Crippen LogP contribution is -2.27. The lowest BCUT2D eigenvalue weighted by atomic mass is 9.98. The van der Waals surface area contributed by atoms with Gasteiger partial charge in [-0.1, -0.05) is 36.4 Å². The van der Waals surface area contributed by atoms with E-state index in [1.54, 1.807) is 12.4 Å². The van der Waals surface area contributed by atoms with Crippen LogP contribution in [0.3, 0.4) is 0 Å². The van der Waals surface area contributed by atoms with E-state index in [4.69, 9.17) is 16.9 Å². The second-order valence-corrected chi connectivity index (χ2v) is 8.85. The third-order valence-corrected chi connectivity index (χ3v) is 6.57. The van der Waals surface area contributed by atoms with Crippen LogP contribution >= 0.6 is 11.8 Å². The summed E-state index contributed by atoms with van der Waals surface area (Å²) in [5, 5.41) is 12.2. The van der Waals surface area contributed by atoms with Crippen molar-refractivity contribution < 1.29 is 11.0 Å². The van der Waals surface area contributed by atoms with Gasteiger partial charge in [0.1, 0.15) is 0 Å². The van der Waals surface area contributed by atoms with Gasteiger partial charge in [0, 0.05) is 47.5 Å². The summed E-state index contributed by atoms with van der Waals surface area (Å²) in [6, 6.07) is 18.4. The van der Waals surface area contributed by atoms with Gasteiger partial charge in [-0.05, 0) is 53.1 Å². The summed E-state index contributed by atoms with van der Waals surface area (Å²) in [5.74, 6) is 2.42. The molecule has 2 heterocycles. The Balaban J connectivity index is 0.00000193.